The van der Waals surface area contributed by atoms with Crippen LogP contribution in [0.15, 0.2) is 0 Å². The van der Waals surface area contributed by atoms with Gasteiger partial charge in [-0.2, -0.15) is 0 Å². The molecule has 0 saturated heterocycles. The highest BCUT2D eigenvalue weighted by Gasteiger charge is 2.23. The average molecular weight is 485 g/mol. The molecule has 0 aromatic rings. The minimum atomic E-state index is -0.623. The summed E-state index contributed by atoms with van der Waals surface area (Å²) in [5, 5.41) is 28.5. The van der Waals surface area contributed by atoms with Gasteiger partial charge in [0.25, 0.3) is 0 Å². The van der Waals surface area contributed by atoms with Crippen molar-refractivity contribution in [1.82, 2.24) is 0 Å². The zero-order valence-corrected chi connectivity index (χ0v) is 23.0. The van der Waals surface area contributed by atoms with Gasteiger partial charge in [-0.05, 0) is 37.5 Å². The van der Waals surface area contributed by atoms with Gasteiger partial charge in [0.05, 0.1) is 6.10 Å². The van der Waals surface area contributed by atoms with E-state index in [-0.39, 0.29) is 12.7 Å². The first-order chi connectivity index (χ1) is 16.5. The van der Waals surface area contributed by atoms with Crippen LogP contribution in [-0.4, -0.2) is 34.0 Å². The molecule has 34 heavy (non-hydrogen) atoms. The first-order valence-corrected chi connectivity index (χ1v) is 15.1. The van der Waals surface area contributed by atoms with Crippen LogP contribution in [0.2, 0.25) is 0 Å². The number of rotatable bonds is 27. The molecule has 0 aromatic carbocycles. The third-order valence-electron chi connectivity index (χ3n) is 7.52. The number of carboxylic acid groups (broad SMARTS) is 1. The van der Waals surface area contributed by atoms with Gasteiger partial charge in [0.1, 0.15) is 0 Å². The van der Waals surface area contributed by atoms with E-state index >= 15 is 0 Å². The molecule has 4 heteroatoms. The van der Waals surface area contributed by atoms with Crippen molar-refractivity contribution in [1.29, 1.82) is 0 Å². The number of aliphatic hydroxyl groups excluding tert-OH is 2. The maximum atomic E-state index is 11.6. The number of carbonyl (C=O) groups is 1. The molecule has 0 aliphatic rings. The molecule has 0 heterocycles. The Bertz CT molecular complexity index is 426. The van der Waals surface area contributed by atoms with Crippen molar-refractivity contribution in [3.63, 3.8) is 0 Å². The quantitative estimate of drug-likeness (QED) is 0.102. The normalized spacial score (nSPS) is 14.2. The highest BCUT2D eigenvalue weighted by atomic mass is 16.4. The van der Waals surface area contributed by atoms with Gasteiger partial charge in [-0.3, -0.25) is 4.79 Å². The maximum absolute atomic E-state index is 11.6. The summed E-state index contributed by atoms with van der Waals surface area (Å²) in [6, 6.07) is 0. The molecule has 4 nitrogen and oxygen atoms in total. The Hall–Kier alpha value is -0.610. The Morgan fingerprint density at radius 1 is 0.559 bits per heavy atom. The third kappa shape index (κ3) is 21.9. The van der Waals surface area contributed by atoms with Crippen LogP contribution in [0.1, 0.15) is 162 Å². The zero-order valence-electron chi connectivity index (χ0n) is 23.0. The van der Waals surface area contributed by atoms with E-state index < -0.39 is 5.97 Å². The largest absolute Gasteiger partial charge is 0.481 e. The van der Waals surface area contributed by atoms with Crippen LogP contribution in [0, 0.1) is 11.8 Å². The molecule has 0 rings (SSSR count). The summed E-state index contributed by atoms with van der Waals surface area (Å²) < 4.78 is 0. The van der Waals surface area contributed by atoms with Crippen LogP contribution >= 0.6 is 0 Å². The van der Waals surface area contributed by atoms with Gasteiger partial charge in [0.2, 0.25) is 0 Å². The lowest BCUT2D eigenvalue weighted by atomic mass is 9.79. The lowest BCUT2D eigenvalue weighted by Crippen LogP contribution is -2.19. The van der Waals surface area contributed by atoms with Crippen molar-refractivity contribution in [3.8, 4) is 0 Å². The van der Waals surface area contributed by atoms with E-state index in [0.717, 1.165) is 51.4 Å². The summed E-state index contributed by atoms with van der Waals surface area (Å²) in [4.78, 5) is 11.6. The molecule has 0 fully saturated rings. The van der Waals surface area contributed by atoms with Gasteiger partial charge in [0.15, 0.2) is 0 Å². The second-order valence-electron chi connectivity index (χ2n) is 10.7. The lowest BCUT2D eigenvalue weighted by Gasteiger charge is -2.27. The molecule has 0 saturated carbocycles. The standard InChI is InChI=1S/C30H60O4/c1-3-5-7-9-16-22-28(26-30(33)34)27(20-14-8-6-4-2)21-15-10-11-17-23-29(32)24-18-12-13-19-25-31/h27-29,31-32H,3-26H2,1-2H3,(H,33,34). The smallest absolute Gasteiger partial charge is 0.303 e. The number of aliphatic hydroxyl groups is 2. The second kappa shape index (κ2) is 25.5. The highest BCUT2D eigenvalue weighted by Crippen LogP contribution is 2.32. The Morgan fingerprint density at radius 3 is 1.38 bits per heavy atom. The van der Waals surface area contributed by atoms with Crippen molar-refractivity contribution >= 4 is 5.97 Å². The summed E-state index contributed by atoms with van der Waals surface area (Å²) in [6.07, 6.45) is 25.5. The number of carboxylic acids is 1. The summed E-state index contributed by atoms with van der Waals surface area (Å²) in [5.74, 6) is 0.277. The molecule has 0 radical (unpaired) electrons. The second-order valence-corrected chi connectivity index (χ2v) is 10.7. The molecule has 0 bridgehead atoms. The molecular formula is C30H60O4. The molecule has 3 N–H and O–H groups in total. The van der Waals surface area contributed by atoms with E-state index in [4.69, 9.17) is 5.11 Å². The average Bonchev–Trinajstić information content (AvgIpc) is 2.81. The minimum Gasteiger partial charge on any atom is -0.481 e. The Morgan fingerprint density at radius 2 is 0.941 bits per heavy atom. The topological polar surface area (TPSA) is 77.8 Å². The molecule has 0 aliphatic heterocycles. The van der Waals surface area contributed by atoms with Crippen LogP contribution < -0.4 is 0 Å². The maximum Gasteiger partial charge on any atom is 0.303 e. The van der Waals surface area contributed by atoms with Gasteiger partial charge in [-0.25, -0.2) is 0 Å². The monoisotopic (exact) mass is 484 g/mol. The van der Waals surface area contributed by atoms with Gasteiger partial charge in [-0.1, -0.05) is 129 Å². The highest BCUT2D eigenvalue weighted by molar-refractivity contribution is 5.67. The fourth-order valence-corrected chi connectivity index (χ4v) is 5.32. The first kappa shape index (κ1) is 33.4. The fraction of sp³-hybridized carbons (Fsp3) is 0.967. The summed E-state index contributed by atoms with van der Waals surface area (Å²) in [7, 11) is 0. The van der Waals surface area contributed by atoms with Gasteiger partial charge < -0.3 is 15.3 Å². The van der Waals surface area contributed by atoms with Crippen LogP contribution in [0.5, 0.6) is 0 Å². The van der Waals surface area contributed by atoms with Crippen molar-refractivity contribution in [3.05, 3.63) is 0 Å². The van der Waals surface area contributed by atoms with E-state index in [1.165, 1.54) is 89.9 Å². The molecule has 0 spiro atoms. The predicted octanol–water partition coefficient (Wildman–Crippen LogP) is 8.67. The van der Waals surface area contributed by atoms with Crippen LogP contribution in [0.25, 0.3) is 0 Å². The van der Waals surface area contributed by atoms with Crippen LogP contribution in [0.4, 0.5) is 0 Å². The van der Waals surface area contributed by atoms with Gasteiger partial charge >= 0.3 is 5.97 Å². The molecule has 0 aliphatic carbocycles. The number of aliphatic carboxylic acids is 1. The number of hydrogen-bond donors (Lipinski definition) is 3. The zero-order chi connectivity index (χ0) is 25.3. The first-order valence-electron chi connectivity index (χ1n) is 15.1. The molecule has 3 unspecified atom stereocenters. The molecule has 204 valence electrons. The Labute approximate surface area is 212 Å². The van der Waals surface area contributed by atoms with Crippen molar-refractivity contribution < 1.29 is 20.1 Å². The minimum absolute atomic E-state index is 0.173. The summed E-state index contributed by atoms with van der Waals surface area (Å²) >= 11 is 0. The van der Waals surface area contributed by atoms with E-state index in [1.807, 2.05) is 0 Å². The molecule has 0 aromatic heterocycles. The molecule has 0 amide bonds. The van der Waals surface area contributed by atoms with E-state index in [2.05, 4.69) is 13.8 Å². The molecular weight excluding hydrogens is 424 g/mol. The third-order valence-corrected chi connectivity index (χ3v) is 7.52. The van der Waals surface area contributed by atoms with E-state index in [1.54, 1.807) is 0 Å². The van der Waals surface area contributed by atoms with Crippen LogP contribution in [-0.2, 0) is 4.79 Å². The van der Waals surface area contributed by atoms with Gasteiger partial charge in [0, 0.05) is 13.0 Å². The SMILES string of the molecule is CCCCCCCC(CC(=O)O)C(CCCCCC)CCCCCCC(O)CCCCCCO. The lowest BCUT2D eigenvalue weighted by molar-refractivity contribution is -0.138. The van der Waals surface area contributed by atoms with Crippen LogP contribution in [0.3, 0.4) is 0 Å². The van der Waals surface area contributed by atoms with Gasteiger partial charge in [-0.15, -0.1) is 0 Å². The number of hydrogen-bond acceptors (Lipinski definition) is 3. The number of unbranched alkanes of at least 4 members (excludes halogenated alkanes) is 13. The summed E-state index contributed by atoms with van der Waals surface area (Å²) in [5.41, 5.74) is 0. The molecule has 3 atom stereocenters. The van der Waals surface area contributed by atoms with Crippen molar-refractivity contribution in [2.45, 2.75) is 168 Å². The van der Waals surface area contributed by atoms with Crippen molar-refractivity contribution in [2.75, 3.05) is 6.61 Å². The summed E-state index contributed by atoms with van der Waals surface area (Å²) in [6.45, 7) is 4.76. The Balaban J connectivity index is 4.34. The predicted molar refractivity (Wildman–Crippen MR) is 145 cm³/mol. The fourth-order valence-electron chi connectivity index (χ4n) is 5.32. The Kier molecular flexibility index (Phi) is 25.0. The van der Waals surface area contributed by atoms with E-state index in [0.29, 0.717) is 18.3 Å². The van der Waals surface area contributed by atoms with Crippen molar-refractivity contribution in [2.24, 2.45) is 11.8 Å². The van der Waals surface area contributed by atoms with E-state index in [9.17, 15) is 15.0 Å².